The molecule has 0 unspecified atom stereocenters. The van der Waals surface area contributed by atoms with Gasteiger partial charge in [-0.1, -0.05) is 37.5 Å². The Labute approximate surface area is 103 Å². The number of hydrogen-bond donors (Lipinski definition) is 0. The number of rotatable bonds is 2. The highest BCUT2D eigenvalue weighted by molar-refractivity contribution is 5.89. The number of hydrogen-bond acceptors (Lipinski definition) is 2. The summed E-state index contributed by atoms with van der Waals surface area (Å²) in [6.07, 6.45) is 8.44. The Bertz CT molecular complexity index is 337. The Kier molecular flexibility index (Phi) is 4.60. The summed E-state index contributed by atoms with van der Waals surface area (Å²) in [7, 11) is 0. The highest BCUT2D eigenvalue weighted by Gasteiger charge is 2.16. The van der Waals surface area contributed by atoms with Gasteiger partial charge < -0.3 is 4.74 Å². The van der Waals surface area contributed by atoms with Crippen molar-refractivity contribution in [2.24, 2.45) is 0 Å². The van der Waals surface area contributed by atoms with Gasteiger partial charge in [0.15, 0.2) is 0 Å². The van der Waals surface area contributed by atoms with Crippen LogP contribution in [0.4, 0.5) is 0 Å². The van der Waals surface area contributed by atoms with Gasteiger partial charge in [0, 0.05) is 0 Å². The van der Waals surface area contributed by atoms with Gasteiger partial charge in [0.05, 0.1) is 5.56 Å². The first-order valence-electron chi connectivity index (χ1n) is 6.62. The predicted molar refractivity (Wildman–Crippen MR) is 68.0 cm³/mol. The van der Waals surface area contributed by atoms with Crippen LogP contribution in [0.1, 0.15) is 55.3 Å². The van der Waals surface area contributed by atoms with Crippen LogP contribution >= 0.6 is 0 Å². The number of ether oxygens (including phenoxy) is 1. The van der Waals surface area contributed by atoms with Crippen LogP contribution in [0.2, 0.25) is 0 Å². The second-order valence-corrected chi connectivity index (χ2v) is 4.74. The molecule has 0 amide bonds. The second-order valence-electron chi connectivity index (χ2n) is 4.74. The number of esters is 1. The molecule has 1 aromatic carbocycles. The van der Waals surface area contributed by atoms with Gasteiger partial charge in [0.1, 0.15) is 6.10 Å². The lowest BCUT2D eigenvalue weighted by Gasteiger charge is -2.20. The van der Waals surface area contributed by atoms with Crippen molar-refractivity contribution in [3.05, 3.63) is 35.9 Å². The van der Waals surface area contributed by atoms with E-state index < -0.39 is 0 Å². The molecule has 0 N–H and O–H groups in total. The molecule has 0 saturated heterocycles. The van der Waals surface area contributed by atoms with E-state index in [0.29, 0.717) is 5.56 Å². The fourth-order valence-electron chi connectivity index (χ4n) is 2.33. The van der Waals surface area contributed by atoms with Gasteiger partial charge in [-0.3, -0.25) is 0 Å². The van der Waals surface area contributed by atoms with Crippen molar-refractivity contribution in [3.8, 4) is 0 Å². The van der Waals surface area contributed by atoms with E-state index in [1.807, 2.05) is 30.3 Å². The molecule has 92 valence electrons. The first-order valence-corrected chi connectivity index (χ1v) is 6.62. The van der Waals surface area contributed by atoms with Gasteiger partial charge in [0.25, 0.3) is 0 Å². The summed E-state index contributed by atoms with van der Waals surface area (Å²) in [6, 6.07) is 9.27. The Morgan fingerprint density at radius 2 is 1.53 bits per heavy atom. The second kappa shape index (κ2) is 6.43. The zero-order valence-corrected chi connectivity index (χ0v) is 10.2. The standard InChI is InChI=1S/C15H20O2/c16-15(13-9-5-4-6-10-13)17-14-11-7-2-1-3-8-12-14/h4-6,9-10,14H,1-3,7-8,11-12H2. The maximum Gasteiger partial charge on any atom is 0.338 e. The van der Waals surface area contributed by atoms with E-state index in [2.05, 4.69) is 0 Å². The first-order chi connectivity index (χ1) is 8.36. The minimum Gasteiger partial charge on any atom is -0.459 e. The fraction of sp³-hybridized carbons (Fsp3) is 0.533. The molecule has 0 radical (unpaired) electrons. The topological polar surface area (TPSA) is 26.3 Å². The third-order valence-electron chi connectivity index (χ3n) is 3.34. The molecule has 1 aliphatic carbocycles. The van der Waals surface area contributed by atoms with Gasteiger partial charge in [-0.25, -0.2) is 4.79 Å². The number of benzene rings is 1. The summed E-state index contributed by atoms with van der Waals surface area (Å²) in [5, 5.41) is 0. The summed E-state index contributed by atoms with van der Waals surface area (Å²) in [6.45, 7) is 0. The largest absolute Gasteiger partial charge is 0.459 e. The monoisotopic (exact) mass is 232 g/mol. The maximum absolute atomic E-state index is 11.9. The molecule has 0 spiro atoms. The molecule has 2 nitrogen and oxygen atoms in total. The van der Waals surface area contributed by atoms with E-state index in [1.54, 1.807) is 0 Å². The molecule has 0 atom stereocenters. The van der Waals surface area contributed by atoms with Crippen molar-refractivity contribution in [1.82, 2.24) is 0 Å². The average molecular weight is 232 g/mol. The smallest absolute Gasteiger partial charge is 0.338 e. The Balaban J connectivity index is 1.88. The van der Waals surface area contributed by atoms with E-state index in [4.69, 9.17) is 4.74 Å². The molecule has 17 heavy (non-hydrogen) atoms. The Hall–Kier alpha value is -1.31. The van der Waals surface area contributed by atoms with Crippen LogP contribution in [0.25, 0.3) is 0 Å². The van der Waals surface area contributed by atoms with Gasteiger partial charge in [-0.15, -0.1) is 0 Å². The van der Waals surface area contributed by atoms with Crippen LogP contribution in [-0.2, 0) is 4.74 Å². The maximum atomic E-state index is 11.9. The lowest BCUT2D eigenvalue weighted by atomic mass is 9.98. The van der Waals surface area contributed by atoms with E-state index >= 15 is 0 Å². The van der Waals surface area contributed by atoms with Gasteiger partial charge >= 0.3 is 5.97 Å². The molecule has 0 aromatic heterocycles. The van der Waals surface area contributed by atoms with Crippen LogP contribution in [0, 0.1) is 0 Å². The molecule has 1 fully saturated rings. The normalized spacial score (nSPS) is 18.1. The molecular weight excluding hydrogens is 212 g/mol. The lowest BCUT2D eigenvalue weighted by molar-refractivity contribution is 0.0239. The lowest BCUT2D eigenvalue weighted by Crippen LogP contribution is -2.19. The molecule has 1 saturated carbocycles. The van der Waals surface area contributed by atoms with Crippen LogP contribution in [0.3, 0.4) is 0 Å². The van der Waals surface area contributed by atoms with E-state index in [0.717, 1.165) is 12.8 Å². The fourth-order valence-corrected chi connectivity index (χ4v) is 2.33. The number of carbonyl (C=O) groups is 1. The first kappa shape index (κ1) is 12.2. The average Bonchev–Trinajstić information content (AvgIpc) is 2.33. The summed E-state index contributed by atoms with van der Waals surface area (Å²) >= 11 is 0. The third-order valence-corrected chi connectivity index (χ3v) is 3.34. The Morgan fingerprint density at radius 3 is 2.18 bits per heavy atom. The molecule has 2 heteroatoms. The summed E-state index contributed by atoms with van der Waals surface area (Å²) in [5.41, 5.74) is 0.662. The predicted octanol–water partition coefficient (Wildman–Crippen LogP) is 3.96. The van der Waals surface area contributed by atoms with Crippen LogP contribution in [-0.4, -0.2) is 12.1 Å². The van der Waals surface area contributed by atoms with Crippen molar-refractivity contribution in [2.75, 3.05) is 0 Å². The van der Waals surface area contributed by atoms with Crippen molar-refractivity contribution < 1.29 is 9.53 Å². The molecule has 0 bridgehead atoms. The van der Waals surface area contributed by atoms with Crippen molar-refractivity contribution in [3.63, 3.8) is 0 Å². The molecule has 1 aromatic rings. The van der Waals surface area contributed by atoms with Crippen LogP contribution in [0.5, 0.6) is 0 Å². The zero-order chi connectivity index (χ0) is 11.9. The minimum atomic E-state index is -0.170. The summed E-state index contributed by atoms with van der Waals surface area (Å²) in [4.78, 5) is 11.9. The molecule has 0 aliphatic heterocycles. The third kappa shape index (κ3) is 3.88. The van der Waals surface area contributed by atoms with Gasteiger partial charge in [-0.05, 0) is 37.8 Å². The highest BCUT2D eigenvalue weighted by atomic mass is 16.5. The van der Waals surface area contributed by atoms with Gasteiger partial charge in [0.2, 0.25) is 0 Å². The Morgan fingerprint density at radius 1 is 0.941 bits per heavy atom. The van der Waals surface area contributed by atoms with Crippen LogP contribution < -0.4 is 0 Å². The van der Waals surface area contributed by atoms with E-state index in [-0.39, 0.29) is 12.1 Å². The van der Waals surface area contributed by atoms with Gasteiger partial charge in [-0.2, -0.15) is 0 Å². The van der Waals surface area contributed by atoms with Crippen molar-refractivity contribution in [2.45, 2.75) is 51.0 Å². The summed E-state index contributed by atoms with van der Waals surface area (Å²) in [5.74, 6) is -0.170. The molecular formula is C15H20O2. The SMILES string of the molecule is O=C(OC1CCCCCCC1)c1ccccc1. The van der Waals surface area contributed by atoms with Crippen LogP contribution in [0.15, 0.2) is 30.3 Å². The van der Waals surface area contributed by atoms with Crippen molar-refractivity contribution >= 4 is 5.97 Å². The summed E-state index contributed by atoms with van der Waals surface area (Å²) < 4.78 is 5.57. The van der Waals surface area contributed by atoms with E-state index in [9.17, 15) is 4.79 Å². The number of carbonyl (C=O) groups excluding carboxylic acids is 1. The highest BCUT2D eigenvalue weighted by Crippen LogP contribution is 2.20. The quantitative estimate of drug-likeness (QED) is 0.721. The molecule has 0 heterocycles. The molecule has 2 rings (SSSR count). The minimum absolute atomic E-state index is 0.128. The zero-order valence-electron chi connectivity index (χ0n) is 10.2. The van der Waals surface area contributed by atoms with Crippen molar-refractivity contribution in [1.29, 1.82) is 0 Å². The van der Waals surface area contributed by atoms with E-state index in [1.165, 1.54) is 32.1 Å². The molecule has 1 aliphatic rings.